The van der Waals surface area contributed by atoms with Gasteiger partial charge in [0, 0.05) is 0 Å². The summed E-state index contributed by atoms with van der Waals surface area (Å²) in [5, 5.41) is 29.3. The molecule has 0 amide bonds. The minimum atomic E-state index is -1.09. The van der Waals surface area contributed by atoms with Crippen molar-refractivity contribution >= 4 is 33.3 Å². The molecule has 0 atom stereocenters. The van der Waals surface area contributed by atoms with Crippen LogP contribution in [0.15, 0.2) is 27.8 Å². The lowest BCUT2D eigenvalue weighted by molar-refractivity contribution is 0.0696. The van der Waals surface area contributed by atoms with E-state index in [0.29, 0.717) is 10.2 Å². The van der Waals surface area contributed by atoms with Crippen LogP contribution in [-0.2, 0) is 0 Å². The largest absolute Gasteiger partial charge is 0.478 e. The van der Waals surface area contributed by atoms with Gasteiger partial charge in [-0.15, -0.1) is 0 Å². The van der Waals surface area contributed by atoms with Crippen LogP contribution in [0.3, 0.4) is 0 Å². The van der Waals surface area contributed by atoms with Crippen molar-refractivity contribution in [2.45, 2.75) is 0 Å². The van der Waals surface area contributed by atoms with Crippen LogP contribution in [0.1, 0.15) is 10.4 Å². The highest BCUT2D eigenvalue weighted by Gasteiger charge is 2.11. The third-order valence-electron chi connectivity index (χ3n) is 1.73. The summed E-state index contributed by atoms with van der Waals surface area (Å²) >= 11 is 3.10. The fraction of sp³-hybridized carbons (Fsp3) is 0. The highest BCUT2D eigenvalue weighted by atomic mass is 79.9. The molecule has 17 heavy (non-hydrogen) atoms. The van der Waals surface area contributed by atoms with Crippen molar-refractivity contribution in [2.75, 3.05) is 5.43 Å². The number of carboxylic acids is 1. The molecule has 1 aromatic rings. The minimum absolute atomic E-state index is 0.0562. The second-order valence-corrected chi connectivity index (χ2v) is 3.56. The van der Waals surface area contributed by atoms with Crippen molar-refractivity contribution in [3.63, 3.8) is 0 Å². The zero-order chi connectivity index (χ0) is 12.8. The lowest BCUT2D eigenvalue weighted by atomic mass is 10.2. The average Bonchev–Trinajstić information content (AvgIpc) is 2.32. The van der Waals surface area contributed by atoms with E-state index in [1.54, 1.807) is 18.2 Å². The van der Waals surface area contributed by atoms with Gasteiger partial charge in [-0.2, -0.15) is 15.6 Å². The number of nitrogens with zero attached hydrogens (tertiary/aromatic N) is 3. The Morgan fingerprint density at radius 3 is 2.59 bits per heavy atom. The maximum absolute atomic E-state index is 10.8. The summed E-state index contributed by atoms with van der Waals surface area (Å²) in [6.07, 6.45) is 0. The zero-order valence-electron chi connectivity index (χ0n) is 8.31. The van der Waals surface area contributed by atoms with Crippen LogP contribution in [0, 0.1) is 22.7 Å². The number of carbonyl (C=O) groups is 1. The van der Waals surface area contributed by atoms with Crippen LogP contribution in [0.2, 0.25) is 0 Å². The molecule has 0 aliphatic rings. The van der Waals surface area contributed by atoms with Crippen molar-refractivity contribution in [3.05, 3.63) is 28.2 Å². The number of rotatable bonds is 3. The summed E-state index contributed by atoms with van der Waals surface area (Å²) in [7, 11) is 0. The number of hydrogen-bond acceptors (Lipinski definition) is 5. The molecule has 6 nitrogen and oxygen atoms in total. The Hall–Kier alpha value is -2.38. The molecule has 2 N–H and O–H groups in total. The Labute approximate surface area is 105 Å². The minimum Gasteiger partial charge on any atom is -0.478 e. The van der Waals surface area contributed by atoms with Gasteiger partial charge in [0.15, 0.2) is 0 Å². The molecule has 0 aliphatic heterocycles. The summed E-state index contributed by atoms with van der Waals surface area (Å²) in [5.74, 6) is -1.09. The maximum atomic E-state index is 10.8. The van der Waals surface area contributed by atoms with Gasteiger partial charge in [-0.1, -0.05) is 6.07 Å². The molecule has 1 aromatic carbocycles. The fourth-order valence-corrected chi connectivity index (χ4v) is 1.50. The summed E-state index contributed by atoms with van der Waals surface area (Å²) in [6, 6.07) is 7.64. The highest BCUT2D eigenvalue weighted by molar-refractivity contribution is 9.10. The fourth-order valence-electron chi connectivity index (χ4n) is 0.975. The third-order valence-corrected chi connectivity index (χ3v) is 2.58. The second kappa shape index (κ2) is 5.64. The molecule has 0 fully saturated rings. The SMILES string of the molecule is N#CC(C#N)=NNc1cccc(C(=O)O)c1Br. The van der Waals surface area contributed by atoms with E-state index in [4.69, 9.17) is 15.6 Å². The first kappa shape index (κ1) is 12.7. The first-order valence-electron chi connectivity index (χ1n) is 4.26. The van der Waals surface area contributed by atoms with Gasteiger partial charge in [-0.05, 0) is 28.1 Å². The second-order valence-electron chi connectivity index (χ2n) is 2.77. The summed E-state index contributed by atoms with van der Waals surface area (Å²) in [4.78, 5) is 10.8. The van der Waals surface area contributed by atoms with Crippen molar-refractivity contribution in [1.29, 1.82) is 10.5 Å². The van der Waals surface area contributed by atoms with Gasteiger partial charge in [-0.3, -0.25) is 5.43 Å². The van der Waals surface area contributed by atoms with Crippen molar-refractivity contribution in [3.8, 4) is 12.1 Å². The molecule has 0 unspecified atom stereocenters. The molecule has 0 saturated heterocycles. The topological polar surface area (TPSA) is 109 Å². The van der Waals surface area contributed by atoms with Gasteiger partial charge in [0.25, 0.3) is 0 Å². The molecule has 0 aromatic heterocycles. The van der Waals surface area contributed by atoms with Gasteiger partial charge >= 0.3 is 5.97 Å². The highest BCUT2D eigenvalue weighted by Crippen LogP contribution is 2.26. The predicted octanol–water partition coefficient (Wildman–Crippen LogP) is 1.96. The number of anilines is 1. The number of benzene rings is 1. The molecular weight excluding hydrogens is 288 g/mol. The number of halogens is 1. The van der Waals surface area contributed by atoms with Crippen molar-refractivity contribution in [2.24, 2.45) is 5.10 Å². The number of hydrazone groups is 1. The summed E-state index contributed by atoms with van der Waals surface area (Å²) < 4.78 is 0.298. The van der Waals surface area contributed by atoms with Crippen molar-refractivity contribution < 1.29 is 9.90 Å². The van der Waals surface area contributed by atoms with Crippen LogP contribution < -0.4 is 5.43 Å². The van der Waals surface area contributed by atoms with Gasteiger partial charge in [0.2, 0.25) is 5.71 Å². The molecule has 0 aliphatic carbocycles. The van der Waals surface area contributed by atoms with Crippen LogP contribution in [0.25, 0.3) is 0 Å². The summed E-state index contributed by atoms with van der Waals surface area (Å²) in [6.45, 7) is 0. The lowest BCUT2D eigenvalue weighted by Crippen LogP contribution is -2.01. The van der Waals surface area contributed by atoms with E-state index in [1.807, 2.05) is 0 Å². The first-order chi connectivity index (χ1) is 8.10. The third kappa shape index (κ3) is 3.03. The molecule has 0 bridgehead atoms. The van der Waals surface area contributed by atoms with Crippen LogP contribution in [-0.4, -0.2) is 16.8 Å². The predicted molar refractivity (Wildman–Crippen MR) is 63.4 cm³/mol. The van der Waals surface area contributed by atoms with E-state index in [0.717, 1.165) is 0 Å². The van der Waals surface area contributed by atoms with Crippen LogP contribution in [0.5, 0.6) is 0 Å². The average molecular weight is 293 g/mol. The number of nitrogens with one attached hydrogen (secondary N) is 1. The Kier molecular flexibility index (Phi) is 4.21. The maximum Gasteiger partial charge on any atom is 0.336 e. The lowest BCUT2D eigenvalue weighted by Gasteiger charge is -2.05. The van der Waals surface area contributed by atoms with Gasteiger partial charge in [0.05, 0.1) is 15.7 Å². The van der Waals surface area contributed by atoms with E-state index in [9.17, 15) is 4.79 Å². The Balaban J connectivity index is 3.07. The molecule has 0 saturated carbocycles. The van der Waals surface area contributed by atoms with E-state index < -0.39 is 5.97 Å². The quantitative estimate of drug-likeness (QED) is 0.654. The first-order valence-corrected chi connectivity index (χ1v) is 5.05. The molecule has 0 heterocycles. The van der Waals surface area contributed by atoms with Crippen LogP contribution in [0.4, 0.5) is 5.69 Å². The number of nitriles is 2. The molecule has 0 spiro atoms. The van der Waals surface area contributed by atoms with Gasteiger partial charge in [-0.25, -0.2) is 4.79 Å². The molecule has 0 radical (unpaired) electrons. The van der Waals surface area contributed by atoms with Gasteiger partial charge in [0.1, 0.15) is 12.1 Å². The van der Waals surface area contributed by atoms with Crippen molar-refractivity contribution in [1.82, 2.24) is 0 Å². The van der Waals surface area contributed by atoms with E-state index in [-0.39, 0.29) is 11.3 Å². The number of hydrogen-bond donors (Lipinski definition) is 2. The Bertz CT molecular complexity index is 553. The molecular formula is C10H5BrN4O2. The number of aromatic carboxylic acids is 1. The monoisotopic (exact) mass is 292 g/mol. The van der Waals surface area contributed by atoms with E-state index in [1.165, 1.54) is 12.1 Å². The van der Waals surface area contributed by atoms with E-state index in [2.05, 4.69) is 26.5 Å². The standard InChI is InChI=1S/C10H5BrN4O2/c11-9-7(10(16)17)2-1-3-8(9)15-14-6(4-12)5-13/h1-3,15H,(H,16,17). The normalized spacial score (nSPS) is 8.65. The molecule has 1 rings (SSSR count). The Morgan fingerprint density at radius 1 is 1.41 bits per heavy atom. The smallest absolute Gasteiger partial charge is 0.336 e. The van der Waals surface area contributed by atoms with Crippen LogP contribution >= 0.6 is 15.9 Å². The van der Waals surface area contributed by atoms with E-state index >= 15 is 0 Å². The number of carboxylic acid groups (broad SMARTS) is 1. The molecule has 84 valence electrons. The summed E-state index contributed by atoms with van der Waals surface area (Å²) in [5.41, 5.74) is 2.50. The van der Waals surface area contributed by atoms with Gasteiger partial charge < -0.3 is 5.11 Å². The molecule has 7 heteroatoms. The Morgan fingerprint density at radius 2 is 2.06 bits per heavy atom. The zero-order valence-corrected chi connectivity index (χ0v) is 9.89.